The Labute approximate surface area is 46.4 Å². The molecule has 0 aliphatic carbocycles. The van der Waals surface area contributed by atoms with Gasteiger partial charge in [0.05, 0.1) is 0 Å². The van der Waals surface area contributed by atoms with Crippen LogP contribution in [0.4, 0.5) is 4.39 Å². The molecule has 1 N–H and O–H groups in total. The lowest BCUT2D eigenvalue weighted by Crippen LogP contribution is -1.66. The molecule has 0 amide bonds. The summed E-state index contributed by atoms with van der Waals surface area (Å²) in [4.78, 5) is 0.319. The van der Waals surface area contributed by atoms with Crippen molar-refractivity contribution >= 4 is 12.0 Å². The predicted octanol–water partition coefficient (Wildman–Crippen LogP) is 2.41. The van der Waals surface area contributed by atoms with Gasteiger partial charge in [-0.25, -0.2) is 4.39 Å². The van der Waals surface area contributed by atoms with Crippen LogP contribution in [0.1, 0.15) is 13.8 Å². The predicted molar refractivity (Wildman–Crippen MR) is 29.7 cm³/mol. The van der Waals surface area contributed by atoms with Crippen molar-refractivity contribution < 1.29 is 8.94 Å². The molecule has 0 spiro atoms. The summed E-state index contributed by atoms with van der Waals surface area (Å²) < 4.78 is 19.9. The smallest absolute Gasteiger partial charge is 0.108 e. The molecule has 0 saturated carbocycles. The third-order valence-electron chi connectivity index (χ3n) is 0.622. The molecule has 0 saturated heterocycles. The average Bonchev–Trinajstić information content (AvgIpc) is 1.65. The molecule has 7 heavy (non-hydrogen) atoms. The Morgan fingerprint density at radius 1 is 1.57 bits per heavy atom. The first-order valence-electron chi connectivity index (χ1n) is 1.83. The molecule has 0 aliphatic heterocycles. The van der Waals surface area contributed by atoms with Gasteiger partial charge in [-0.15, -0.1) is 0 Å². The summed E-state index contributed by atoms with van der Waals surface area (Å²) in [6.07, 6.45) is 0. The first-order chi connectivity index (χ1) is 3.18. The van der Waals surface area contributed by atoms with Gasteiger partial charge in [-0.05, 0) is 13.8 Å². The normalized spacial score (nSPS) is 13.7. The molecule has 0 radical (unpaired) electrons. The minimum absolute atomic E-state index is 0.319. The van der Waals surface area contributed by atoms with Crippen LogP contribution in [0.3, 0.4) is 0 Å². The van der Waals surface area contributed by atoms with Gasteiger partial charge < -0.3 is 4.55 Å². The molecule has 1 nitrogen and oxygen atoms in total. The summed E-state index contributed by atoms with van der Waals surface area (Å²) in [5.74, 6) is -0.326. The largest absolute Gasteiger partial charge is 0.326 e. The van der Waals surface area contributed by atoms with Crippen LogP contribution in [0.5, 0.6) is 0 Å². The Bertz CT molecular complexity index is 85.7. The topological polar surface area (TPSA) is 20.2 Å². The summed E-state index contributed by atoms with van der Waals surface area (Å²) in [6, 6.07) is 0. The van der Waals surface area contributed by atoms with E-state index in [1.807, 2.05) is 0 Å². The molecule has 42 valence electrons. The van der Waals surface area contributed by atoms with Gasteiger partial charge in [0.1, 0.15) is 5.83 Å². The Morgan fingerprint density at radius 3 is 2.00 bits per heavy atom. The molecular weight excluding hydrogens is 115 g/mol. The van der Waals surface area contributed by atoms with Crippen molar-refractivity contribution in [2.45, 2.75) is 13.8 Å². The summed E-state index contributed by atoms with van der Waals surface area (Å²) >= 11 is 0.437. The molecule has 0 aliphatic rings. The fourth-order valence-corrected chi connectivity index (χ4v) is 0.189. The van der Waals surface area contributed by atoms with E-state index in [2.05, 4.69) is 0 Å². The van der Waals surface area contributed by atoms with Gasteiger partial charge in [0.25, 0.3) is 0 Å². The third-order valence-corrected chi connectivity index (χ3v) is 1.18. The van der Waals surface area contributed by atoms with Crippen molar-refractivity contribution in [1.82, 2.24) is 0 Å². The summed E-state index contributed by atoms with van der Waals surface area (Å²) in [6.45, 7) is 2.82. The van der Waals surface area contributed by atoms with Crippen molar-refractivity contribution in [1.29, 1.82) is 0 Å². The highest BCUT2D eigenvalue weighted by Gasteiger charge is 1.90. The second kappa shape index (κ2) is 3.04. The maximum atomic E-state index is 11.8. The van der Waals surface area contributed by atoms with Gasteiger partial charge in [-0.1, -0.05) is 0 Å². The molecule has 0 bridgehead atoms. The van der Waals surface area contributed by atoms with Crippen molar-refractivity contribution in [2.24, 2.45) is 0 Å². The van der Waals surface area contributed by atoms with E-state index >= 15 is 0 Å². The second-order valence-electron chi connectivity index (χ2n) is 1.18. The van der Waals surface area contributed by atoms with Gasteiger partial charge in [-0.2, -0.15) is 0 Å². The minimum atomic E-state index is -0.326. The maximum Gasteiger partial charge on any atom is 0.108 e. The van der Waals surface area contributed by atoms with E-state index in [0.717, 1.165) is 0 Å². The first kappa shape index (κ1) is 6.98. The molecular formula is C4H7FOS. The van der Waals surface area contributed by atoms with Crippen LogP contribution in [0.25, 0.3) is 0 Å². The Hall–Kier alpha value is -0.0200. The van der Waals surface area contributed by atoms with Crippen LogP contribution in [-0.2, 0) is 0 Å². The van der Waals surface area contributed by atoms with Crippen molar-refractivity contribution in [3.63, 3.8) is 0 Å². The van der Waals surface area contributed by atoms with Gasteiger partial charge in [0.15, 0.2) is 0 Å². The lowest BCUT2D eigenvalue weighted by atomic mass is 10.5. The maximum absolute atomic E-state index is 11.8. The van der Waals surface area contributed by atoms with Gasteiger partial charge in [0, 0.05) is 16.9 Å². The highest BCUT2D eigenvalue weighted by atomic mass is 32.2. The van der Waals surface area contributed by atoms with Gasteiger partial charge in [-0.3, -0.25) is 0 Å². The van der Waals surface area contributed by atoms with Crippen LogP contribution >= 0.6 is 12.0 Å². The average molecular weight is 122 g/mol. The van der Waals surface area contributed by atoms with Crippen LogP contribution < -0.4 is 0 Å². The fraction of sp³-hybridized carbons (Fsp3) is 0.500. The summed E-state index contributed by atoms with van der Waals surface area (Å²) in [7, 11) is 0. The van der Waals surface area contributed by atoms with E-state index < -0.39 is 0 Å². The van der Waals surface area contributed by atoms with E-state index in [9.17, 15) is 4.39 Å². The second-order valence-corrected chi connectivity index (χ2v) is 1.98. The summed E-state index contributed by atoms with van der Waals surface area (Å²) in [5, 5.41) is 0. The summed E-state index contributed by atoms with van der Waals surface area (Å²) in [5.41, 5.74) is 0. The van der Waals surface area contributed by atoms with Crippen LogP contribution in [0.2, 0.25) is 0 Å². The highest BCUT2D eigenvalue weighted by Crippen LogP contribution is 2.14. The lowest BCUT2D eigenvalue weighted by Gasteiger charge is -1.88. The standard InChI is InChI=1S/C4H7FOS/c1-3(5)4(2)7-6/h6H,1-2H3/b4-3-. The van der Waals surface area contributed by atoms with E-state index in [1.165, 1.54) is 13.8 Å². The number of hydrogen-bond acceptors (Lipinski definition) is 2. The van der Waals surface area contributed by atoms with E-state index in [4.69, 9.17) is 4.55 Å². The van der Waals surface area contributed by atoms with Gasteiger partial charge in [0.2, 0.25) is 0 Å². The monoisotopic (exact) mass is 122 g/mol. The third kappa shape index (κ3) is 2.65. The van der Waals surface area contributed by atoms with E-state index in [0.29, 0.717) is 16.9 Å². The van der Waals surface area contributed by atoms with E-state index in [-0.39, 0.29) is 5.83 Å². The van der Waals surface area contributed by atoms with Crippen molar-refractivity contribution in [3.8, 4) is 0 Å². The zero-order valence-corrected chi connectivity index (χ0v) is 5.05. The van der Waals surface area contributed by atoms with E-state index in [1.54, 1.807) is 0 Å². The first-order valence-corrected chi connectivity index (χ1v) is 2.60. The lowest BCUT2D eigenvalue weighted by molar-refractivity contribution is 0.628. The number of allylic oxidation sites excluding steroid dienone is 2. The molecule has 0 unspecified atom stereocenters. The Kier molecular flexibility index (Phi) is 3.04. The molecule has 0 aromatic rings. The zero-order valence-electron chi connectivity index (χ0n) is 4.23. The molecule has 3 heteroatoms. The van der Waals surface area contributed by atoms with Crippen molar-refractivity contribution in [2.75, 3.05) is 0 Å². The minimum Gasteiger partial charge on any atom is -0.326 e. The highest BCUT2D eigenvalue weighted by molar-refractivity contribution is 7.97. The Balaban J connectivity index is 3.72. The number of halogens is 1. The fourth-order valence-electron chi connectivity index (χ4n) is 0.0629. The molecule has 0 rings (SSSR count). The molecule has 0 heterocycles. The zero-order chi connectivity index (χ0) is 5.86. The SMILES string of the molecule is C/C(F)=C(\C)SO. The van der Waals surface area contributed by atoms with Crippen LogP contribution in [-0.4, -0.2) is 4.55 Å². The molecule has 0 atom stereocenters. The van der Waals surface area contributed by atoms with Crippen LogP contribution in [0.15, 0.2) is 10.7 Å². The van der Waals surface area contributed by atoms with Gasteiger partial charge >= 0.3 is 0 Å². The quantitative estimate of drug-likeness (QED) is 0.539. The van der Waals surface area contributed by atoms with Crippen molar-refractivity contribution in [3.05, 3.63) is 10.7 Å². The molecule has 0 aromatic heterocycles. The number of hydrogen-bond donors (Lipinski definition) is 1. The van der Waals surface area contributed by atoms with Crippen LogP contribution in [0, 0.1) is 0 Å². The molecule has 0 fully saturated rings. The number of rotatable bonds is 1. The molecule has 0 aromatic carbocycles. The Morgan fingerprint density at radius 2 is 2.00 bits per heavy atom.